The smallest absolute Gasteiger partial charge is 0.332 e. The second-order valence-corrected chi connectivity index (χ2v) is 5.56. The molecule has 0 fully saturated rings. The van der Waals surface area contributed by atoms with Crippen molar-refractivity contribution in [3.8, 4) is 5.75 Å². The van der Waals surface area contributed by atoms with Gasteiger partial charge in [0.15, 0.2) is 5.54 Å². The van der Waals surface area contributed by atoms with Crippen molar-refractivity contribution in [1.29, 1.82) is 0 Å². The highest BCUT2D eigenvalue weighted by Gasteiger charge is 2.41. The number of hydrogen-bond acceptors (Lipinski definition) is 5. The summed E-state index contributed by atoms with van der Waals surface area (Å²) in [7, 11) is 2.86. The van der Waals surface area contributed by atoms with E-state index in [2.05, 4.69) is 17.4 Å². The lowest BCUT2D eigenvalue weighted by atomic mass is 9.87. The molecule has 6 nitrogen and oxygen atoms in total. The summed E-state index contributed by atoms with van der Waals surface area (Å²) in [6.07, 6.45) is 1.80. The molecule has 0 bridgehead atoms. The monoisotopic (exact) mass is 354 g/mol. The van der Waals surface area contributed by atoms with Gasteiger partial charge in [0.05, 0.1) is 14.2 Å². The fourth-order valence-corrected chi connectivity index (χ4v) is 2.58. The van der Waals surface area contributed by atoms with Gasteiger partial charge in [0.25, 0.3) is 5.91 Å². The minimum atomic E-state index is -1.31. The number of hydrazine groups is 1. The van der Waals surface area contributed by atoms with E-state index in [1.807, 2.05) is 6.07 Å². The Hall–Kier alpha value is -3.12. The van der Waals surface area contributed by atoms with Gasteiger partial charge in [-0.15, -0.1) is 6.58 Å². The molecule has 6 heteroatoms. The summed E-state index contributed by atoms with van der Waals surface area (Å²) in [5, 5.41) is 0. The maximum absolute atomic E-state index is 12.6. The molecule has 0 saturated carbocycles. The number of rotatable bonds is 8. The number of ether oxygens (including phenoxy) is 2. The van der Waals surface area contributed by atoms with E-state index in [4.69, 9.17) is 9.47 Å². The zero-order valence-electron chi connectivity index (χ0n) is 14.8. The maximum Gasteiger partial charge on any atom is 0.332 e. The van der Waals surface area contributed by atoms with Crippen molar-refractivity contribution in [2.45, 2.75) is 12.0 Å². The van der Waals surface area contributed by atoms with E-state index in [0.29, 0.717) is 16.9 Å². The topological polar surface area (TPSA) is 76.7 Å². The summed E-state index contributed by atoms with van der Waals surface area (Å²) in [5.74, 6) is -0.258. The van der Waals surface area contributed by atoms with Gasteiger partial charge < -0.3 is 9.47 Å². The zero-order chi connectivity index (χ0) is 19.0. The average Bonchev–Trinajstić information content (AvgIpc) is 2.71. The Morgan fingerprint density at radius 3 is 2.27 bits per heavy atom. The van der Waals surface area contributed by atoms with Gasteiger partial charge >= 0.3 is 5.97 Å². The molecule has 0 aliphatic rings. The van der Waals surface area contributed by atoms with Crippen LogP contribution in [0.25, 0.3) is 0 Å². The summed E-state index contributed by atoms with van der Waals surface area (Å²) in [6, 6.07) is 15.6. The first-order chi connectivity index (χ1) is 12.6. The lowest BCUT2D eigenvalue weighted by Gasteiger charge is -2.31. The second-order valence-electron chi connectivity index (χ2n) is 5.56. The number of benzene rings is 2. The Morgan fingerprint density at radius 2 is 1.73 bits per heavy atom. The van der Waals surface area contributed by atoms with Crippen LogP contribution in [0.2, 0.25) is 0 Å². The Labute approximate surface area is 152 Å². The summed E-state index contributed by atoms with van der Waals surface area (Å²) in [6.45, 7) is 3.72. The van der Waals surface area contributed by atoms with Crippen LogP contribution in [0.1, 0.15) is 22.3 Å². The first-order valence-corrected chi connectivity index (χ1v) is 8.04. The standard InChI is InChI=1S/C20H22N2O4/c1-4-14-20(19(24)26-3,16-10-12-17(25-2)13-11-16)22-21-18(23)15-8-6-5-7-9-15/h4-13,22H,1,14H2,2-3H3,(H,21,23)/t20-/m0/s1. The molecule has 2 N–H and O–H groups in total. The van der Waals surface area contributed by atoms with Gasteiger partial charge in [-0.2, -0.15) is 0 Å². The van der Waals surface area contributed by atoms with E-state index >= 15 is 0 Å². The molecule has 0 aliphatic carbocycles. The quantitative estimate of drug-likeness (QED) is 0.433. The van der Waals surface area contributed by atoms with Crippen molar-refractivity contribution < 1.29 is 19.1 Å². The third-order valence-corrected chi connectivity index (χ3v) is 3.99. The Morgan fingerprint density at radius 1 is 1.08 bits per heavy atom. The molecule has 136 valence electrons. The van der Waals surface area contributed by atoms with E-state index in [1.165, 1.54) is 7.11 Å². The summed E-state index contributed by atoms with van der Waals surface area (Å²) in [5.41, 5.74) is 5.21. The Balaban J connectivity index is 2.34. The molecule has 0 spiro atoms. The van der Waals surface area contributed by atoms with Crippen molar-refractivity contribution >= 4 is 11.9 Å². The second kappa shape index (κ2) is 8.82. The molecule has 0 heterocycles. The normalized spacial score (nSPS) is 12.5. The number of hydrogen-bond donors (Lipinski definition) is 2. The van der Waals surface area contributed by atoms with Crippen molar-refractivity contribution in [3.63, 3.8) is 0 Å². The SMILES string of the molecule is C=CC[C@@](NNC(=O)c1ccccc1)(C(=O)OC)c1ccc(OC)cc1. The number of esters is 1. The van der Waals surface area contributed by atoms with Gasteiger partial charge in [0.1, 0.15) is 5.75 Å². The van der Waals surface area contributed by atoms with Crippen molar-refractivity contribution in [3.05, 3.63) is 78.4 Å². The average molecular weight is 354 g/mol. The minimum absolute atomic E-state index is 0.209. The highest BCUT2D eigenvalue weighted by Crippen LogP contribution is 2.28. The van der Waals surface area contributed by atoms with Crippen LogP contribution in [0.4, 0.5) is 0 Å². The van der Waals surface area contributed by atoms with Gasteiger partial charge in [-0.25, -0.2) is 10.2 Å². The Kier molecular flexibility index (Phi) is 6.52. The molecule has 0 aromatic heterocycles. The molecule has 2 rings (SSSR count). The maximum atomic E-state index is 12.6. The van der Waals surface area contributed by atoms with E-state index in [-0.39, 0.29) is 12.3 Å². The van der Waals surface area contributed by atoms with Crippen LogP contribution < -0.4 is 15.6 Å². The molecule has 0 saturated heterocycles. The lowest BCUT2D eigenvalue weighted by Crippen LogP contribution is -2.57. The van der Waals surface area contributed by atoms with Crippen LogP contribution in [0.3, 0.4) is 0 Å². The molecule has 0 aliphatic heterocycles. The van der Waals surface area contributed by atoms with E-state index in [0.717, 1.165) is 0 Å². The molecule has 0 radical (unpaired) electrons. The molecular formula is C20H22N2O4. The van der Waals surface area contributed by atoms with Crippen LogP contribution in [-0.2, 0) is 15.1 Å². The van der Waals surface area contributed by atoms with Crippen molar-refractivity contribution in [2.24, 2.45) is 0 Å². The highest BCUT2D eigenvalue weighted by atomic mass is 16.5. The molecule has 2 aromatic carbocycles. The highest BCUT2D eigenvalue weighted by molar-refractivity contribution is 5.94. The Bertz CT molecular complexity index is 759. The minimum Gasteiger partial charge on any atom is -0.497 e. The largest absolute Gasteiger partial charge is 0.497 e. The first-order valence-electron chi connectivity index (χ1n) is 8.04. The van der Waals surface area contributed by atoms with E-state index in [9.17, 15) is 9.59 Å². The van der Waals surface area contributed by atoms with Crippen LogP contribution in [0.15, 0.2) is 67.3 Å². The number of nitrogens with one attached hydrogen (secondary N) is 2. The molecule has 1 atom stereocenters. The van der Waals surface area contributed by atoms with Crippen LogP contribution in [0.5, 0.6) is 5.75 Å². The van der Waals surface area contributed by atoms with Gasteiger partial charge in [-0.3, -0.25) is 10.2 Å². The van der Waals surface area contributed by atoms with Crippen LogP contribution >= 0.6 is 0 Å². The van der Waals surface area contributed by atoms with Gasteiger partial charge in [-0.05, 0) is 36.2 Å². The molecule has 2 aromatic rings. The van der Waals surface area contributed by atoms with Crippen LogP contribution in [-0.4, -0.2) is 26.1 Å². The first kappa shape index (κ1) is 19.2. The number of methoxy groups -OCH3 is 2. The fourth-order valence-electron chi connectivity index (χ4n) is 2.58. The van der Waals surface area contributed by atoms with Gasteiger partial charge in [0, 0.05) is 5.56 Å². The predicted molar refractivity (Wildman–Crippen MR) is 98.5 cm³/mol. The molecular weight excluding hydrogens is 332 g/mol. The van der Waals surface area contributed by atoms with Gasteiger partial charge in [-0.1, -0.05) is 36.4 Å². The number of amides is 1. The predicted octanol–water partition coefficient (Wildman–Crippen LogP) is 2.57. The molecule has 26 heavy (non-hydrogen) atoms. The number of carbonyl (C=O) groups is 2. The number of carbonyl (C=O) groups excluding carboxylic acids is 2. The summed E-state index contributed by atoms with van der Waals surface area (Å²) in [4.78, 5) is 25.0. The lowest BCUT2D eigenvalue weighted by molar-refractivity contribution is -0.149. The van der Waals surface area contributed by atoms with E-state index in [1.54, 1.807) is 61.7 Å². The van der Waals surface area contributed by atoms with Gasteiger partial charge in [0.2, 0.25) is 0 Å². The fraction of sp³-hybridized carbons (Fsp3) is 0.200. The third-order valence-electron chi connectivity index (χ3n) is 3.99. The molecule has 1 amide bonds. The van der Waals surface area contributed by atoms with Crippen molar-refractivity contribution in [1.82, 2.24) is 10.9 Å². The summed E-state index contributed by atoms with van der Waals surface area (Å²) < 4.78 is 10.1. The van der Waals surface area contributed by atoms with Crippen LogP contribution in [0, 0.1) is 0 Å². The zero-order valence-corrected chi connectivity index (χ0v) is 14.8. The van der Waals surface area contributed by atoms with Crippen molar-refractivity contribution in [2.75, 3.05) is 14.2 Å². The summed E-state index contributed by atoms with van der Waals surface area (Å²) >= 11 is 0. The molecule has 0 unspecified atom stereocenters. The third kappa shape index (κ3) is 4.10. The van der Waals surface area contributed by atoms with E-state index < -0.39 is 11.5 Å².